The summed E-state index contributed by atoms with van der Waals surface area (Å²) in [6.07, 6.45) is 2.37. The Morgan fingerprint density at radius 1 is 1.65 bits per heavy atom. The van der Waals surface area contributed by atoms with E-state index in [-0.39, 0.29) is 6.42 Å². The Bertz CT molecular complexity index is 523. The van der Waals surface area contributed by atoms with E-state index in [1.807, 2.05) is 6.92 Å². The first-order valence-electron chi connectivity index (χ1n) is 4.92. The highest BCUT2D eigenvalue weighted by Crippen LogP contribution is 2.23. The normalized spacial score (nSPS) is 10.6. The molecule has 0 saturated carbocycles. The van der Waals surface area contributed by atoms with Crippen LogP contribution < -0.4 is 0 Å². The quantitative estimate of drug-likeness (QED) is 0.886. The van der Waals surface area contributed by atoms with Crippen molar-refractivity contribution in [3.63, 3.8) is 0 Å². The molecule has 0 atom stereocenters. The Morgan fingerprint density at radius 3 is 3.12 bits per heavy atom. The first kappa shape index (κ1) is 12.1. The zero-order chi connectivity index (χ0) is 12.3. The second-order valence-corrected chi connectivity index (χ2v) is 5.24. The Balaban J connectivity index is 2.03. The molecule has 90 valence electrons. The molecule has 2 heterocycles. The van der Waals surface area contributed by atoms with Crippen molar-refractivity contribution in [3.8, 4) is 0 Å². The molecule has 1 N–H and O–H groups in total. The third-order valence-corrected chi connectivity index (χ3v) is 3.68. The third kappa shape index (κ3) is 3.27. The van der Waals surface area contributed by atoms with Crippen LogP contribution in [0.4, 0.5) is 0 Å². The van der Waals surface area contributed by atoms with E-state index in [1.54, 1.807) is 15.8 Å². The highest BCUT2D eigenvalue weighted by molar-refractivity contribution is 7.99. The second-order valence-electron chi connectivity index (χ2n) is 3.18. The molecule has 6 nitrogen and oxygen atoms in total. The summed E-state index contributed by atoms with van der Waals surface area (Å²) in [5.41, 5.74) is 0.570. The lowest BCUT2D eigenvalue weighted by atomic mass is 10.3. The summed E-state index contributed by atoms with van der Waals surface area (Å²) >= 11 is 2.73. The molecule has 2 rings (SSSR count). The fourth-order valence-corrected chi connectivity index (χ4v) is 2.77. The molecular formula is C9H10N4O2S2. The van der Waals surface area contributed by atoms with Crippen LogP contribution in [0.2, 0.25) is 0 Å². The van der Waals surface area contributed by atoms with Gasteiger partial charge in [0.25, 0.3) is 0 Å². The fraction of sp³-hybridized carbons (Fsp3) is 0.333. The van der Waals surface area contributed by atoms with E-state index in [2.05, 4.69) is 15.1 Å². The number of nitrogens with zero attached hydrogens (tertiary/aromatic N) is 4. The van der Waals surface area contributed by atoms with Gasteiger partial charge < -0.3 is 5.11 Å². The first-order chi connectivity index (χ1) is 8.17. The number of aryl methyl sites for hydroxylation is 1. The topological polar surface area (TPSA) is 80.9 Å². The zero-order valence-corrected chi connectivity index (χ0v) is 10.7. The summed E-state index contributed by atoms with van der Waals surface area (Å²) in [5.74, 6) is -0.0966. The summed E-state index contributed by atoms with van der Waals surface area (Å²) in [5, 5.41) is 14.6. The van der Waals surface area contributed by atoms with E-state index >= 15 is 0 Å². The van der Waals surface area contributed by atoms with Crippen LogP contribution >= 0.6 is 23.3 Å². The molecule has 2 aromatic heterocycles. The Kier molecular flexibility index (Phi) is 3.75. The molecule has 0 bridgehead atoms. The van der Waals surface area contributed by atoms with Gasteiger partial charge in [-0.25, -0.2) is 9.97 Å². The van der Waals surface area contributed by atoms with Gasteiger partial charge >= 0.3 is 5.97 Å². The van der Waals surface area contributed by atoms with Gasteiger partial charge in [-0.1, -0.05) is 6.92 Å². The van der Waals surface area contributed by atoms with E-state index in [4.69, 9.17) is 5.11 Å². The molecular weight excluding hydrogens is 260 g/mol. The molecule has 0 aliphatic carbocycles. The van der Waals surface area contributed by atoms with Crippen molar-refractivity contribution in [1.29, 1.82) is 0 Å². The van der Waals surface area contributed by atoms with E-state index in [0.717, 1.165) is 16.6 Å². The zero-order valence-electron chi connectivity index (χ0n) is 9.03. The van der Waals surface area contributed by atoms with Gasteiger partial charge in [0.05, 0.1) is 12.1 Å². The van der Waals surface area contributed by atoms with Crippen LogP contribution in [0.1, 0.15) is 18.4 Å². The average Bonchev–Trinajstić information content (AvgIpc) is 2.88. The number of carboxylic acids is 1. The molecule has 0 aliphatic rings. The third-order valence-electron chi connectivity index (χ3n) is 1.87. The standard InChI is InChI=1S/C9H10N4O2S2/c1-2-7-10-5-13(12-7)17-9-11-6(4-16-9)3-8(14)15/h4-5H,2-3H2,1H3,(H,14,15). The predicted molar refractivity (Wildman–Crippen MR) is 64.1 cm³/mol. The number of rotatable bonds is 5. The summed E-state index contributed by atoms with van der Waals surface area (Å²) in [6.45, 7) is 1.98. The van der Waals surface area contributed by atoms with E-state index in [1.165, 1.54) is 23.3 Å². The number of aromatic nitrogens is 4. The summed E-state index contributed by atoms with van der Waals surface area (Å²) in [6, 6.07) is 0. The van der Waals surface area contributed by atoms with Crippen LogP contribution in [0.15, 0.2) is 16.0 Å². The molecule has 0 aliphatic heterocycles. The molecule has 0 unspecified atom stereocenters. The number of hydrogen-bond donors (Lipinski definition) is 1. The second kappa shape index (κ2) is 5.28. The lowest BCUT2D eigenvalue weighted by Crippen LogP contribution is -2.00. The Labute approximate surface area is 106 Å². The maximum absolute atomic E-state index is 10.5. The van der Waals surface area contributed by atoms with Gasteiger partial charge in [-0.3, -0.25) is 4.79 Å². The highest BCUT2D eigenvalue weighted by atomic mass is 32.2. The van der Waals surface area contributed by atoms with Crippen LogP contribution in [0, 0.1) is 0 Å². The van der Waals surface area contributed by atoms with Crippen LogP contribution in [0.5, 0.6) is 0 Å². The van der Waals surface area contributed by atoms with Crippen LogP contribution in [-0.2, 0) is 17.6 Å². The molecule has 0 amide bonds. The highest BCUT2D eigenvalue weighted by Gasteiger charge is 2.08. The number of aliphatic carboxylic acids is 1. The summed E-state index contributed by atoms with van der Waals surface area (Å²) in [7, 11) is 0. The van der Waals surface area contributed by atoms with E-state index in [9.17, 15) is 4.79 Å². The number of carboxylic acid groups (broad SMARTS) is 1. The number of hydrogen-bond acceptors (Lipinski definition) is 6. The molecule has 0 radical (unpaired) electrons. The summed E-state index contributed by atoms with van der Waals surface area (Å²) < 4.78 is 2.39. The van der Waals surface area contributed by atoms with Gasteiger partial charge in [-0.2, -0.15) is 4.09 Å². The van der Waals surface area contributed by atoms with Crippen LogP contribution in [0.3, 0.4) is 0 Å². The fourth-order valence-electron chi connectivity index (χ4n) is 1.13. The Hall–Kier alpha value is -1.41. The molecule has 0 saturated heterocycles. The predicted octanol–water partition coefficient (Wildman–Crippen LogP) is 1.48. The maximum Gasteiger partial charge on any atom is 0.309 e. The molecule has 0 fully saturated rings. The van der Waals surface area contributed by atoms with Crippen LogP contribution in [0.25, 0.3) is 0 Å². The van der Waals surface area contributed by atoms with Gasteiger partial charge in [0, 0.05) is 23.7 Å². The smallest absolute Gasteiger partial charge is 0.309 e. The minimum absolute atomic E-state index is 0.0470. The van der Waals surface area contributed by atoms with E-state index in [0.29, 0.717) is 5.69 Å². The summed E-state index contributed by atoms with van der Waals surface area (Å²) in [4.78, 5) is 18.8. The van der Waals surface area contributed by atoms with Crippen molar-refractivity contribution >= 4 is 29.3 Å². The van der Waals surface area contributed by atoms with Gasteiger partial charge in [-0.15, -0.1) is 16.4 Å². The molecule has 0 spiro atoms. The number of carbonyl (C=O) groups is 1. The van der Waals surface area contributed by atoms with Crippen LogP contribution in [-0.4, -0.2) is 30.2 Å². The lowest BCUT2D eigenvalue weighted by Gasteiger charge is -1.93. The van der Waals surface area contributed by atoms with Crippen molar-refractivity contribution in [2.24, 2.45) is 0 Å². The molecule has 0 aromatic carbocycles. The average molecular weight is 270 g/mol. The largest absolute Gasteiger partial charge is 0.481 e. The van der Waals surface area contributed by atoms with Crippen molar-refractivity contribution in [2.45, 2.75) is 24.1 Å². The van der Waals surface area contributed by atoms with Crippen molar-refractivity contribution < 1.29 is 9.90 Å². The monoisotopic (exact) mass is 270 g/mol. The SMILES string of the molecule is CCc1ncn(Sc2nc(CC(=O)O)cs2)n1. The molecule has 2 aromatic rings. The first-order valence-corrected chi connectivity index (χ1v) is 6.57. The maximum atomic E-state index is 10.5. The minimum Gasteiger partial charge on any atom is -0.481 e. The van der Waals surface area contributed by atoms with Gasteiger partial charge in [0.15, 0.2) is 10.2 Å². The molecule has 17 heavy (non-hydrogen) atoms. The van der Waals surface area contributed by atoms with Gasteiger partial charge in [0.2, 0.25) is 0 Å². The Morgan fingerprint density at radius 2 is 2.47 bits per heavy atom. The minimum atomic E-state index is -0.874. The van der Waals surface area contributed by atoms with Crippen molar-refractivity contribution in [2.75, 3.05) is 0 Å². The van der Waals surface area contributed by atoms with Crippen molar-refractivity contribution in [3.05, 3.63) is 23.2 Å². The lowest BCUT2D eigenvalue weighted by molar-refractivity contribution is -0.136. The van der Waals surface area contributed by atoms with E-state index < -0.39 is 5.97 Å². The van der Waals surface area contributed by atoms with Crippen molar-refractivity contribution in [1.82, 2.24) is 19.2 Å². The number of thiazole rings is 1. The van der Waals surface area contributed by atoms with Gasteiger partial charge in [0.1, 0.15) is 6.33 Å². The van der Waals surface area contributed by atoms with Gasteiger partial charge in [-0.05, 0) is 0 Å². The molecule has 8 heteroatoms.